The normalized spacial score (nSPS) is 20.0. The molecule has 0 aromatic carbocycles. The molecule has 2 heteroatoms. The van der Waals surface area contributed by atoms with E-state index >= 15 is 0 Å². The van der Waals surface area contributed by atoms with Gasteiger partial charge in [-0.2, -0.15) is 0 Å². The molecule has 0 atom stereocenters. The Bertz CT molecular complexity index is 91.1. The van der Waals surface area contributed by atoms with Gasteiger partial charge >= 0.3 is 0 Å². The van der Waals surface area contributed by atoms with E-state index in [9.17, 15) is 0 Å². The van der Waals surface area contributed by atoms with Crippen LogP contribution in [-0.2, 0) is 0 Å². The maximum Gasteiger partial charge on any atom is 0.00684 e. The molecule has 1 aliphatic heterocycles. The number of rotatable bonds is 0. The van der Waals surface area contributed by atoms with Crippen molar-refractivity contribution in [2.45, 2.75) is 0 Å². The summed E-state index contributed by atoms with van der Waals surface area (Å²) in [4.78, 5) is 0. The lowest BCUT2D eigenvalue weighted by Crippen LogP contribution is -1.78. The van der Waals surface area contributed by atoms with Crippen molar-refractivity contribution in [1.82, 2.24) is 0 Å². The van der Waals surface area contributed by atoms with E-state index in [1.165, 1.54) is 11.5 Å². The standard InChI is InChI=1S/C6H8S2/c1-2-4-8-6-5-7-3-1/h1-4H,5-6H2. The molecule has 0 saturated carbocycles. The molecular weight excluding hydrogens is 136 g/mol. The summed E-state index contributed by atoms with van der Waals surface area (Å²) in [6.07, 6.45) is 4.16. The molecule has 1 aliphatic rings. The molecule has 0 nitrogen and oxygen atoms in total. The van der Waals surface area contributed by atoms with Gasteiger partial charge in [0.2, 0.25) is 0 Å². The summed E-state index contributed by atoms with van der Waals surface area (Å²) < 4.78 is 0. The van der Waals surface area contributed by atoms with Crippen molar-refractivity contribution >= 4 is 23.5 Å². The van der Waals surface area contributed by atoms with E-state index in [0.29, 0.717) is 0 Å². The minimum absolute atomic E-state index is 1.24. The SMILES string of the molecule is C1=CSCCSC=C1. The minimum Gasteiger partial charge on any atom is -0.133 e. The van der Waals surface area contributed by atoms with Crippen LogP contribution >= 0.6 is 23.5 Å². The maximum atomic E-state index is 2.14. The second kappa shape index (κ2) is 4.10. The zero-order valence-corrected chi connectivity index (χ0v) is 6.17. The van der Waals surface area contributed by atoms with Crippen molar-refractivity contribution < 1.29 is 0 Å². The van der Waals surface area contributed by atoms with E-state index in [1.54, 1.807) is 0 Å². The predicted molar refractivity (Wildman–Crippen MR) is 43.2 cm³/mol. The third kappa shape index (κ3) is 2.48. The fraction of sp³-hybridized carbons (Fsp3) is 0.333. The largest absolute Gasteiger partial charge is 0.133 e. The number of hydrogen-bond donors (Lipinski definition) is 0. The monoisotopic (exact) mass is 144 g/mol. The van der Waals surface area contributed by atoms with Crippen LogP contribution in [0.3, 0.4) is 0 Å². The van der Waals surface area contributed by atoms with E-state index in [-0.39, 0.29) is 0 Å². The van der Waals surface area contributed by atoms with Gasteiger partial charge in [0.05, 0.1) is 0 Å². The Morgan fingerprint density at radius 1 is 0.875 bits per heavy atom. The second-order valence-corrected chi connectivity index (χ2v) is 3.43. The molecule has 8 heavy (non-hydrogen) atoms. The van der Waals surface area contributed by atoms with Crippen LogP contribution in [0, 0.1) is 0 Å². The summed E-state index contributed by atoms with van der Waals surface area (Å²) in [6, 6.07) is 0. The molecule has 0 spiro atoms. The highest BCUT2D eigenvalue weighted by molar-refractivity contribution is 8.05. The van der Waals surface area contributed by atoms with E-state index in [0.717, 1.165) is 0 Å². The second-order valence-electron chi connectivity index (χ2n) is 1.40. The van der Waals surface area contributed by atoms with Crippen LogP contribution < -0.4 is 0 Å². The molecule has 0 bridgehead atoms. The Balaban J connectivity index is 2.33. The Labute approximate surface area is 58.4 Å². The molecule has 0 aromatic heterocycles. The van der Waals surface area contributed by atoms with Gasteiger partial charge < -0.3 is 0 Å². The molecule has 0 N–H and O–H groups in total. The quantitative estimate of drug-likeness (QED) is 0.512. The summed E-state index contributed by atoms with van der Waals surface area (Å²) in [5.41, 5.74) is 0. The van der Waals surface area contributed by atoms with Crippen LogP contribution in [0.5, 0.6) is 0 Å². The average Bonchev–Trinajstić information content (AvgIpc) is 1.62. The molecule has 1 rings (SSSR count). The maximum absolute atomic E-state index is 2.14. The van der Waals surface area contributed by atoms with Gasteiger partial charge in [0, 0.05) is 11.5 Å². The smallest absolute Gasteiger partial charge is 0.00684 e. The van der Waals surface area contributed by atoms with Crippen LogP contribution in [0.2, 0.25) is 0 Å². The van der Waals surface area contributed by atoms with Gasteiger partial charge in [-0.05, 0) is 10.8 Å². The lowest BCUT2D eigenvalue weighted by atomic mass is 10.6. The lowest BCUT2D eigenvalue weighted by Gasteiger charge is -1.94. The zero-order valence-electron chi connectivity index (χ0n) is 4.54. The van der Waals surface area contributed by atoms with Crippen molar-refractivity contribution in [3.63, 3.8) is 0 Å². The van der Waals surface area contributed by atoms with Crippen molar-refractivity contribution in [2.75, 3.05) is 11.5 Å². The van der Waals surface area contributed by atoms with Gasteiger partial charge in [-0.3, -0.25) is 0 Å². The third-order valence-electron chi connectivity index (χ3n) is 0.780. The molecule has 44 valence electrons. The summed E-state index contributed by atoms with van der Waals surface area (Å²) in [6.45, 7) is 0. The first kappa shape index (κ1) is 6.30. The summed E-state index contributed by atoms with van der Waals surface area (Å²) in [5.74, 6) is 2.48. The summed E-state index contributed by atoms with van der Waals surface area (Å²) in [7, 11) is 0. The van der Waals surface area contributed by atoms with Crippen LogP contribution in [0.1, 0.15) is 0 Å². The number of thioether (sulfide) groups is 2. The highest BCUT2D eigenvalue weighted by Crippen LogP contribution is 2.11. The van der Waals surface area contributed by atoms with Crippen molar-refractivity contribution in [3.05, 3.63) is 23.0 Å². The molecule has 0 unspecified atom stereocenters. The van der Waals surface area contributed by atoms with Crippen molar-refractivity contribution in [1.29, 1.82) is 0 Å². The highest BCUT2D eigenvalue weighted by Gasteiger charge is 1.84. The average molecular weight is 144 g/mol. The number of hydrogen-bond acceptors (Lipinski definition) is 2. The van der Waals surface area contributed by atoms with Gasteiger partial charge in [0.1, 0.15) is 0 Å². The molecule has 1 heterocycles. The Hall–Kier alpha value is 0.180. The first-order chi connectivity index (χ1) is 4.00. The fourth-order valence-corrected chi connectivity index (χ4v) is 1.88. The lowest BCUT2D eigenvalue weighted by molar-refractivity contribution is 1.57. The molecule has 0 fully saturated rings. The summed E-state index contributed by atoms with van der Waals surface area (Å²) >= 11 is 3.75. The number of allylic oxidation sites excluding steroid dienone is 2. The van der Waals surface area contributed by atoms with E-state index < -0.39 is 0 Å². The zero-order chi connectivity index (χ0) is 5.66. The van der Waals surface area contributed by atoms with Gasteiger partial charge in [-0.25, -0.2) is 0 Å². The first-order valence-corrected chi connectivity index (χ1v) is 4.65. The molecule has 0 saturated heterocycles. The van der Waals surface area contributed by atoms with E-state index in [2.05, 4.69) is 23.0 Å². The fourth-order valence-electron chi connectivity index (χ4n) is 0.434. The van der Waals surface area contributed by atoms with E-state index in [4.69, 9.17) is 0 Å². The highest BCUT2D eigenvalue weighted by atomic mass is 32.2. The van der Waals surface area contributed by atoms with E-state index in [1.807, 2.05) is 23.5 Å². The summed E-state index contributed by atoms with van der Waals surface area (Å²) in [5, 5.41) is 4.27. The van der Waals surface area contributed by atoms with Gasteiger partial charge in [0.15, 0.2) is 0 Å². The van der Waals surface area contributed by atoms with Crippen LogP contribution in [-0.4, -0.2) is 11.5 Å². The van der Waals surface area contributed by atoms with Crippen LogP contribution in [0.25, 0.3) is 0 Å². The Morgan fingerprint density at radius 3 is 1.88 bits per heavy atom. The molecule has 0 radical (unpaired) electrons. The third-order valence-corrected chi connectivity index (χ3v) is 2.62. The van der Waals surface area contributed by atoms with Crippen LogP contribution in [0.4, 0.5) is 0 Å². The van der Waals surface area contributed by atoms with Gasteiger partial charge in [0.25, 0.3) is 0 Å². The van der Waals surface area contributed by atoms with Crippen molar-refractivity contribution in [3.8, 4) is 0 Å². The molecule has 0 aliphatic carbocycles. The first-order valence-electron chi connectivity index (χ1n) is 2.55. The topological polar surface area (TPSA) is 0 Å². The van der Waals surface area contributed by atoms with Crippen molar-refractivity contribution in [2.24, 2.45) is 0 Å². The predicted octanol–water partition coefficient (Wildman–Crippen LogP) is 2.49. The van der Waals surface area contributed by atoms with Gasteiger partial charge in [-0.15, -0.1) is 23.5 Å². The molecule has 0 aromatic rings. The van der Waals surface area contributed by atoms with Crippen LogP contribution in [0.15, 0.2) is 23.0 Å². The molecular formula is C6H8S2. The Morgan fingerprint density at radius 2 is 1.38 bits per heavy atom. The molecule has 0 amide bonds. The minimum atomic E-state index is 1.24. The Kier molecular flexibility index (Phi) is 3.23. The van der Waals surface area contributed by atoms with Gasteiger partial charge in [-0.1, -0.05) is 12.2 Å².